The van der Waals surface area contributed by atoms with Gasteiger partial charge in [-0.25, -0.2) is 0 Å². The minimum Gasteiger partial charge on any atom is -0.389 e. The Bertz CT molecular complexity index is 630. The van der Waals surface area contributed by atoms with Gasteiger partial charge in [-0.1, -0.05) is 55.7 Å². The molecule has 1 fully saturated rings. The van der Waals surface area contributed by atoms with E-state index in [-0.39, 0.29) is 0 Å². The number of hydrogen-bond acceptors (Lipinski definition) is 2. The van der Waals surface area contributed by atoms with Crippen molar-refractivity contribution in [2.75, 3.05) is 5.32 Å². The van der Waals surface area contributed by atoms with Gasteiger partial charge in [0.2, 0.25) is 0 Å². The predicted octanol–water partition coefficient (Wildman–Crippen LogP) is 4.22. The van der Waals surface area contributed by atoms with Gasteiger partial charge in [0.1, 0.15) is 4.99 Å². The molecule has 3 rings (SSSR count). The van der Waals surface area contributed by atoms with Crippen LogP contribution in [0.2, 0.25) is 0 Å². The molecule has 2 aromatic carbocycles. The van der Waals surface area contributed by atoms with Gasteiger partial charge in [0, 0.05) is 22.7 Å². The first-order valence-corrected chi connectivity index (χ1v) is 7.74. The number of hydrogen-bond donors (Lipinski definition) is 2. The Hall–Kier alpha value is -1.61. The molecule has 0 radical (unpaired) electrons. The van der Waals surface area contributed by atoms with Crippen LogP contribution < -0.4 is 11.1 Å². The van der Waals surface area contributed by atoms with Crippen molar-refractivity contribution in [1.82, 2.24) is 0 Å². The molecule has 0 saturated heterocycles. The van der Waals surface area contributed by atoms with Gasteiger partial charge in [0.05, 0.1) is 0 Å². The Kier molecular flexibility index (Phi) is 3.88. The van der Waals surface area contributed by atoms with Crippen molar-refractivity contribution in [2.45, 2.75) is 38.1 Å². The summed E-state index contributed by atoms with van der Waals surface area (Å²) in [5, 5.41) is 6.06. The molecule has 0 aromatic heterocycles. The highest BCUT2D eigenvalue weighted by Crippen LogP contribution is 2.29. The summed E-state index contributed by atoms with van der Waals surface area (Å²) in [6.45, 7) is 0. The van der Waals surface area contributed by atoms with E-state index in [1.165, 1.54) is 43.2 Å². The van der Waals surface area contributed by atoms with E-state index < -0.39 is 0 Å². The van der Waals surface area contributed by atoms with Crippen molar-refractivity contribution in [3.8, 4) is 0 Å². The fourth-order valence-corrected chi connectivity index (χ4v) is 3.28. The molecule has 0 atom stereocenters. The molecule has 20 heavy (non-hydrogen) atoms. The molecule has 0 spiro atoms. The summed E-state index contributed by atoms with van der Waals surface area (Å²) >= 11 is 5.15. The number of nitrogens with one attached hydrogen (secondary N) is 1. The van der Waals surface area contributed by atoms with Crippen molar-refractivity contribution in [1.29, 1.82) is 0 Å². The van der Waals surface area contributed by atoms with Gasteiger partial charge < -0.3 is 11.1 Å². The smallest absolute Gasteiger partial charge is 0.104 e. The van der Waals surface area contributed by atoms with Gasteiger partial charge in [0.25, 0.3) is 0 Å². The van der Waals surface area contributed by atoms with Crippen LogP contribution in [0.4, 0.5) is 5.69 Å². The number of fused-ring (bicyclic) bond motifs is 1. The van der Waals surface area contributed by atoms with Crippen molar-refractivity contribution >= 4 is 33.7 Å². The molecule has 0 aliphatic heterocycles. The third-order valence-electron chi connectivity index (χ3n) is 4.15. The quantitative estimate of drug-likeness (QED) is 0.829. The van der Waals surface area contributed by atoms with Crippen molar-refractivity contribution in [2.24, 2.45) is 5.73 Å². The third-order valence-corrected chi connectivity index (χ3v) is 4.37. The maximum Gasteiger partial charge on any atom is 0.104 e. The number of rotatable bonds is 3. The normalized spacial score (nSPS) is 16.2. The molecule has 2 aromatic rings. The standard InChI is InChI=1S/C17H20N2S/c18-17(20)15-10-11-16(14-9-5-4-8-13(14)15)19-12-6-2-1-3-7-12/h4-5,8-12,19H,1-3,6-7H2,(H2,18,20). The van der Waals surface area contributed by atoms with Crippen molar-refractivity contribution in [3.05, 3.63) is 42.0 Å². The fraction of sp³-hybridized carbons (Fsp3) is 0.353. The van der Waals surface area contributed by atoms with E-state index in [0.717, 1.165) is 10.9 Å². The lowest BCUT2D eigenvalue weighted by molar-refractivity contribution is 0.463. The van der Waals surface area contributed by atoms with E-state index in [0.29, 0.717) is 11.0 Å². The van der Waals surface area contributed by atoms with Crippen molar-refractivity contribution in [3.63, 3.8) is 0 Å². The molecular formula is C17H20N2S. The van der Waals surface area contributed by atoms with Gasteiger partial charge in [-0.05, 0) is 30.4 Å². The first-order valence-electron chi connectivity index (χ1n) is 7.34. The summed E-state index contributed by atoms with van der Waals surface area (Å²) in [5.41, 5.74) is 7.99. The van der Waals surface area contributed by atoms with Gasteiger partial charge in [-0.15, -0.1) is 0 Å². The minimum absolute atomic E-state index is 0.463. The molecule has 0 unspecified atom stereocenters. The maximum absolute atomic E-state index is 5.83. The van der Waals surface area contributed by atoms with E-state index in [4.69, 9.17) is 18.0 Å². The SMILES string of the molecule is NC(=S)c1ccc(NC2CCCCC2)c2ccccc12. The highest BCUT2D eigenvalue weighted by atomic mass is 32.1. The Morgan fingerprint density at radius 2 is 1.70 bits per heavy atom. The fourth-order valence-electron chi connectivity index (χ4n) is 3.11. The van der Waals surface area contributed by atoms with Crippen LogP contribution in [-0.2, 0) is 0 Å². The highest BCUT2D eigenvalue weighted by Gasteiger charge is 2.15. The number of nitrogens with two attached hydrogens (primary N) is 1. The van der Waals surface area contributed by atoms with Crippen LogP contribution >= 0.6 is 12.2 Å². The Morgan fingerprint density at radius 3 is 2.40 bits per heavy atom. The average Bonchev–Trinajstić information content (AvgIpc) is 2.48. The third kappa shape index (κ3) is 2.63. The number of thiocarbonyl (C=S) groups is 1. The molecule has 2 nitrogen and oxygen atoms in total. The Labute approximate surface area is 125 Å². The minimum atomic E-state index is 0.463. The van der Waals surface area contributed by atoms with E-state index in [1.54, 1.807) is 0 Å². The molecule has 104 valence electrons. The second-order valence-electron chi connectivity index (χ2n) is 5.55. The van der Waals surface area contributed by atoms with Crippen LogP contribution in [-0.4, -0.2) is 11.0 Å². The number of anilines is 1. The second-order valence-corrected chi connectivity index (χ2v) is 5.99. The first kappa shape index (κ1) is 13.4. The molecule has 1 aliphatic rings. The monoisotopic (exact) mass is 284 g/mol. The van der Waals surface area contributed by atoms with Gasteiger partial charge >= 0.3 is 0 Å². The predicted molar refractivity (Wildman–Crippen MR) is 90.3 cm³/mol. The molecule has 1 saturated carbocycles. The van der Waals surface area contributed by atoms with Crippen molar-refractivity contribution < 1.29 is 0 Å². The lowest BCUT2D eigenvalue weighted by atomic mass is 9.94. The maximum atomic E-state index is 5.83. The topological polar surface area (TPSA) is 38.0 Å². The van der Waals surface area contributed by atoms with Crippen LogP contribution in [0.5, 0.6) is 0 Å². The lowest BCUT2D eigenvalue weighted by Crippen LogP contribution is -2.22. The molecule has 0 bridgehead atoms. The van der Waals surface area contributed by atoms with E-state index in [2.05, 4.69) is 29.6 Å². The van der Waals surface area contributed by atoms with Gasteiger partial charge in [-0.2, -0.15) is 0 Å². The summed E-state index contributed by atoms with van der Waals surface area (Å²) in [7, 11) is 0. The van der Waals surface area contributed by atoms with Crippen LogP contribution in [0.3, 0.4) is 0 Å². The van der Waals surface area contributed by atoms with Gasteiger partial charge in [-0.3, -0.25) is 0 Å². The van der Waals surface area contributed by atoms with E-state index >= 15 is 0 Å². The van der Waals surface area contributed by atoms with Crippen LogP contribution in [0.15, 0.2) is 36.4 Å². The zero-order valence-corrected chi connectivity index (χ0v) is 12.4. The van der Waals surface area contributed by atoms with Crippen LogP contribution in [0.25, 0.3) is 10.8 Å². The van der Waals surface area contributed by atoms with Crippen LogP contribution in [0, 0.1) is 0 Å². The largest absolute Gasteiger partial charge is 0.389 e. The lowest BCUT2D eigenvalue weighted by Gasteiger charge is -2.25. The molecule has 1 aliphatic carbocycles. The second kappa shape index (κ2) is 5.80. The molecular weight excluding hydrogens is 264 g/mol. The molecule has 0 amide bonds. The summed E-state index contributed by atoms with van der Waals surface area (Å²) < 4.78 is 0. The summed E-state index contributed by atoms with van der Waals surface area (Å²) in [6.07, 6.45) is 6.58. The highest BCUT2D eigenvalue weighted by molar-refractivity contribution is 7.80. The van der Waals surface area contributed by atoms with Gasteiger partial charge in [0.15, 0.2) is 0 Å². The summed E-state index contributed by atoms with van der Waals surface area (Å²) in [5.74, 6) is 0. The Morgan fingerprint density at radius 1 is 1.00 bits per heavy atom. The van der Waals surface area contributed by atoms with E-state index in [1.807, 2.05) is 12.1 Å². The molecule has 0 heterocycles. The van der Waals surface area contributed by atoms with E-state index in [9.17, 15) is 0 Å². The molecule has 3 heteroatoms. The zero-order chi connectivity index (χ0) is 13.9. The zero-order valence-electron chi connectivity index (χ0n) is 11.6. The number of benzene rings is 2. The Balaban J connectivity index is 1.99. The van der Waals surface area contributed by atoms with Crippen LogP contribution in [0.1, 0.15) is 37.7 Å². The molecule has 3 N–H and O–H groups in total. The summed E-state index contributed by atoms with van der Waals surface area (Å²) in [4.78, 5) is 0.463. The first-order chi connectivity index (χ1) is 9.75. The average molecular weight is 284 g/mol. The summed E-state index contributed by atoms with van der Waals surface area (Å²) in [6, 6.07) is 13.1.